The Morgan fingerprint density at radius 2 is 1.53 bits per heavy atom. The Balaban J connectivity index is 1.42. The minimum Gasteiger partial charge on any atom is -0.504 e. The van der Waals surface area contributed by atoms with Crippen LogP contribution in [-0.4, -0.2) is 119 Å². The predicted molar refractivity (Wildman–Crippen MR) is 140 cm³/mol. The summed E-state index contributed by atoms with van der Waals surface area (Å²) < 4.78 is 27.4. The molecule has 0 spiro atoms. The first-order valence-electron chi connectivity index (χ1n) is 13.0. The lowest BCUT2D eigenvalue weighted by molar-refractivity contribution is -0.350. The van der Waals surface area contributed by atoms with Crippen LogP contribution in [0.25, 0.3) is 22.1 Å². The molecule has 234 valence electrons. The van der Waals surface area contributed by atoms with E-state index in [1.165, 1.54) is 13.0 Å². The van der Waals surface area contributed by atoms with Gasteiger partial charge in [0.05, 0.1) is 18.3 Å². The topological polar surface area (TPSA) is 269 Å². The van der Waals surface area contributed by atoms with Gasteiger partial charge in [0.25, 0.3) is 0 Å². The highest BCUT2D eigenvalue weighted by Crippen LogP contribution is 2.43. The van der Waals surface area contributed by atoms with Crippen LogP contribution < -0.4 is 10.2 Å². The summed E-state index contributed by atoms with van der Waals surface area (Å²) in [5, 5.41) is 102. The Kier molecular flexibility index (Phi) is 8.41. The van der Waals surface area contributed by atoms with Crippen LogP contribution in [0.5, 0.6) is 28.7 Å². The first-order chi connectivity index (χ1) is 20.3. The molecule has 2 aliphatic heterocycles. The molecular formula is C27H30O16. The van der Waals surface area contributed by atoms with Crippen molar-refractivity contribution >= 4 is 11.0 Å². The summed E-state index contributed by atoms with van der Waals surface area (Å²) in [6.07, 6.45) is -15.1. The number of phenols is 4. The average Bonchev–Trinajstić information content (AvgIpc) is 2.98. The molecule has 3 aromatic rings. The smallest absolute Gasteiger partial charge is 0.229 e. The van der Waals surface area contributed by atoms with Crippen LogP contribution in [0.4, 0.5) is 0 Å². The average molecular weight is 611 g/mol. The number of hydrogen-bond acceptors (Lipinski definition) is 16. The normalized spacial score (nSPS) is 33.0. The first kappa shape index (κ1) is 30.7. The fraction of sp³-hybridized carbons (Fsp3) is 0.444. The molecule has 1 aromatic heterocycles. The van der Waals surface area contributed by atoms with Gasteiger partial charge >= 0.3 is 0 Å². The second kappa shape index (κ2) is 11.8. The van der Waals surface area contributed by atoms with Crippen molar-refractivity contribution in [2.75, 3.05) is 6.61 Å². The van der Waals surface area contributed by atoms with Crippen molar-refractivity contribution in [2.24, 2.45) is 0 Å². The third kappa shape index (κ3) is 5.44. The minimum absolute atomic E-state index is 0.117. The molecule has 0 amide bonds. The molecule has 0 radical (unpaired) electrons. The number of fused-ring (bicyclic) bond motifs is 1. The first-order valence-corrected chi connectivity index (χ1v) is 13.0. The molecule has 0 unspecified atom stereocenters. The van der Waals surface area contributed by atoms with Crippen LogP contribution in [0.15, 0.2) is 39.7 Å². The van der Waals surface area contributed by atoms with Crippen molar-refractivity contribution in [1.29, 1.82) is 0 Å². The van der Waals surface area contributed by atoms with Crippen LogP contribution in [0.1, 0.15) is 6.92 Å². The SMILES string of the molecule is C[C@@H]1O[C@@H](Oc2cc3occ(-c4ccc(O)c(O)c4)c(=O)c3c(O)c2O)[C@H](O)[C@H](O[C@@H]2O[C@H](CO)[C@@H](O)[C@H](O)[C@H]2O)[C@H]1O. The van der Waals surface area contributed by atoms with Crippen LogP contribution >= 0.6 is 0 Å². The Hall–Kier alpha value is -3.71. The van der Waals surface area contributed by atoms with E-state index in [1.54, 1.807) is 0 Å². The highest BCUT2D eigenvalue weighted by molar-refractivity contribution is 5.91. The summed E-state index contributed by atoms with van der Waals surface area (Å²) >= 11 is 0. The van der Waals surface area contributed by atoms with Crippen molar-refractivity contribution in [3.05, 3.63) is 40.8 Å². The largest absolute Gasteiger partial charge is 0.504 e. The van der Waals surface area contributed by atoms with E-state index in [0.29, 0.717) is 0 Å². The number of hydrogen-bond donors (Lipinski definition) is 10. The number of rotatable bonds is 6. The molecule has 0 saturated carbocycles. The molecule has 3 heterocycles. The van der Waals surface area contributed by atoms with Gasteiger partial charge in [-0.15, -0.1) is 0 Å². The van der Waals surface area contributed by atoms with Gasteiger partial charge in [-0.2, -0.15) is 0 Å². The Morgan fingerprint density at radius 1 is 0.814 bits per heavy atom. The molecule has 0 aliphatic carbocycles. The third-order valence-electron chi connectivity index (χ3n) is 7.43. The van der Waals surface area contributed by atoms with E-state index in [-0.39, 0.29) is 16.7 Å². The van der Waals surface area contributed by atoms with E-state index >= 15 is 0 Å². The minimum atomic E-state index is -1.85. The van der Waals surface area contributed by atoms with Gasteiger partial charge in [-0.1, -0.05) is 6.07 Å². The summed E-state index contributed by atoms with van der Waals surface area (Å²) in [5.41, 5.74) is -1.03. The standard InChI is InChI=1S/C27H30O16/c1-8-17(31)25(43-26-23(37)22(36)20(34)15(6-28)42-26)24(38)27(40-8)41-14-5-13-16(21(35)19(14)33)18(32)10(7-39-13)9-2-3-11(29)12(30)4-9/h2-5,7-8,15,17,20,22-31,33-38H,6H2,1H3/t8-,15+,17-,20+,22-,23+,24+,25+,26-,27-/m0/s1. The number of benzene rings is 2. The van der Waals surface area contributed by atoms with E-state index in [4.69, 9.17) is 23.4 Å². The fourth-order valence-electron chi connectivity index (χ4n) is 4.93. The second-order valence-corrected chi connectivity index (χ2v) is 10.2. The molecule has 2 saturated heterocycles. The van der Waals surface area contributed by atoms with Gasteiger partial charge in [0.1, 0.15) is 60.0 Å². The van der Waals surface area contributed by atoms with Crippen LogP contribution in [0.2, 0.25) is 0 Å². The summed E-state index contributed by atoms with van der Waals surface area (Å²) in [4.78, 5) is 13.2. The number of phenolic OH excluding ortho intramolecular Hbond substituents is 4. The zero-order chi connectivity index (χ0) is 31.3. The van der Waals surface area contributed by atoms with Gasteiger partial charge in [0.15, 0.2) is 29.3 Å². The third-order valence-corrected chi connectivity index (χ3v) is 7.43. The second-order valence-electron chi connectivity index (χ2n) is 10.2. The summed E-state index contributed by atoms with van der Waals surface area (Å²) in [7, 11) is 0. The molecule has 16 nitrogen and oxygen atoms in total. The maximum atomic E-state index is 13.2. The highest BCUT2D eigenvalue weighted by Gasteiger charge is 2.50. The van der Waals surface area contributed by atoms with Crippen molar-refractivity contribution in [1.82, 2.24) is 0 Å². The summed E-state index contributed by atoms with van der Waals surface area (Å²) in [6.45, 7) is 0.640. The molecule has 2 aromatic carbocycles. The van der Waals surface area contributed by atoms with Gasteiger partial charge in [0, 0.05) is 6.07 Å². The molecule has 16 heteroatoms. The van der Waals surface area contributed by atoms with Crippen LogP contribution in [-0.2, 0) is 14.2 Å². The maximum Gasteiger partial charge on any atom is 0.229 e. The molecule has 0 bridgehead atoms. The lowest BCUT2D eigenvalue weighted by Crippen LogP contribution is -2.64. The Labute approximate surface area is 241 Å². The number of aromatic hydroxyl groups is 4. The van der Waals surface area contributed by atoms with Crippen molar-refractivity contribution in [3.63, 3.8) is 0 Å². The van der Waals surface area contributed by atoms with E-state index < -0.39 is 108 Å². The van der Waals surface area contributed by atoms with Crippen LogP contribution in [0.3, 0.4) is 0 Å². The molecule has 5 rings (SSSR count). The monoisotopic (exact) mass is 610 g/mol. The van der Waals surface area contributed by atoms with Gasteiger partial charge in [-0.3, -0.25) is 4.79 Å². The molecule has 10 N–H and O–H groups in total. The van der Waals surface area contributed by atoms with Gasteiger partial charge in [-0.25, -0.2) is 0 Å². The van der Waals surface area contributed by atoms with Crippen molar-refractivity contribution in [2.45, 2.75) is 68.3 Å². The van der Waals surface area contributed by atoms with E-state index in [9.17, 15) is 55.9 Å². The quantitative estimate of drug-likeness (QED) is 0.140. The van der Waals surface area contributed by atoms with Gasteiger partial charge < -0.3 is 74.4 Å². The maximum absolute atomic E-state index is 13.2. The summed E-state index contributed by atoms with van der Waals surface area (Å²) in [6, 6.07) is 4.59. The van der Waals surface area contributed by atoms with Gasteiger partial charge in [-0.05, 0) is 24.6 Å². The zero-order valence-electron chi connectivity index (χ0n) is 22.3. The lowest BCUT2D eigenvalue weighted by Gasteiger charge is -2.45. The Bertz CT molecular complexity index is 1540. The molecule has 10 atom stereocenters. The van der Waals surface area contributed by atoms with E-state index in [1.807, 2.05) is 0 Å². The van der Waals surface area contributed by atoms with E-state index in [0.717, 1.165) is 24.5 Å². The number of ether oxygens (including phenoxy) is 4. The Morgan fingerprint density at radius 3 is 2.21 bits per heavy atom. The highest BCUT2D eigenvalue weighted by atomic mass is 16.7. The van der Waals surface area contributed by atoms with Crippen molar-refractivity contribution < 1.29 is 74.4 Å². The van der Waals surface area contributed by atoms with Gasteiger partial charge in [0.2, 0.25) is 17.5 Å². The fourth-order valence-corrected chi connectivity index (χ4v) is 4.93. The number of aliphatic hydroxyl groups is 6. The molecule has 2 aliphatic rings. The van der Waals surface area contributed by atoms with E-state index in [2.05, 4.69) is 0 Å². The van der Waals surface area contributed by atoms with Crippen molar-refractivity contribution in [3.8, 4) is 39.9 Å². The number of aliphatic hydroxyl groups excluding tert-OH is 6. The zero-order valence-corrected chi connectivity index (χ0v) is 22.3. The predicted octanol–water partition coefficient (Wildman–Crippen LogP) is -1.69. The molecular weight excluding hydrogens is 580 g/mol. The summed E-state index contributed by atoms with van der Waals surface area (Å²) in [5.74, 6) is -3.33. The van der Waals surface area contributed by atoms with Crippen LogP contribution in [0, 0.1) is 0 Å². The molecule has 2 fully saturated rings. The lowest BCUT2D eigenvalue weighted by atomic mass is 9.97. The molecule has 43 heavy (non-hydrogen) atoms.